The second-order valence-corrected chi connectivity index (χ2v) is 5.44. The number of nitrogens with one attached hydrogen (secondary N) is 2. The van der Waals surface area contributed by atoms with Crippen LogP contribution in [0, 0.1) is 6.92 Å². The minimum Gasteiger partial charge on any atom is -0.365 e. The van der Waals surface area contributed by atoms with Crippen molar-refractivity contribution in [3.63, 3.8) is 0 Å². The second kappa shape index (κ2) is 5.04. The predicted octanol–water partition coefficient (Wildman–Crippen LogP) is 2.10. The first-order chi connectivity index (χ1) is 8.83. The molecular formula is C13H16N4S. The van der Waals surface area contributed by atoms with E-state index in [0.717, 1.165) is 37.7 Å². The number of nitrogens with zero attached hydrogens (tertiary/aromatic N) is 2. The summed E-state index contributed by atoms with van der Waals surface area (Å²) >= 11 is 1.76. The van der Waals surface area contributed by atoms with Gasteiger partial charge in [-0.1, -0.05) is 6.07 Å². The molecule has 0 spiro atoms. The summed E-state index contributed by atoms with van der Waals surface area (Å²) in [5.74, 6) is 1.84. The summed E-state index contributed by atoms with van der Waals surface area (Å²) in [5, 5.41) is 8.91. The van der Waals surface area contributed by atoms with Crippen molar-refractivity contribution in [3.05, 3.63) is 39.5 Å². The van der Waals surface area contributed by atoms with Crippen LogP contribution in [0.5, 0.6) is 0 Å². The summed E-state index contributed by atoms with van der Waals surface area (Å²) in [4.78, 5) is 10.4. The highest BCUT2D eigenvalue weighted by Gasteiger charge is 2.16. The van der Waals surface area contributed by atoms with Crippen LogP contribution >= 0.6 is 11.3 Å². The van der Waals surface area contributed by atoms with E-state index in [4.69, 9.17) is 0 Å². The van der Waals surface area contributed by atoms with Gasteiger partial charge in [-0.2, -0.15) is 0 Å². The van der Waals surface area contributed by atoms with Crippen LogP contribution in [0.15, 0.2) is 17.5 Å². The predicted molar refractivity (Wildman–Crippen MR) is 73.8 cm³/mol. The lowest BCUT2D eigenvalue weighted by molar-refractivity contribution is 0.624. The third-order valence-electron chi connectivity index (χ3n) is 3.06. The van der Waals surface area contributed by atoms with Crippen LogP contribution in [-0.2, 0) is 19.5 Å². The summed E-state index contributed by atoms with van der Waals surface area (Å²) < 4.78 is 0. The van der Waals surface area contributed by atoms with Crippen molar-refractivity contribution in [2.24, 2.45) is 0 Å². The van der Waals surface area contributed by atoms with E-state index in [0.29, 0.717) is 0 Å². The molecule has 0 radical (unpaired) electrons. The molecule has 0 saturated heterocycles. The van der Waals surface area contributed by atoms with Crippen LogP contribution < -0.4 is 10.6 Å². The summed E-state index contributed by atoms with van der Waals surface area (Å²) in [6, 6.07) is 4.21. The quantitative estimate of drug-likeness (QED) is 0.887. The molecule has 0 unspecified atom stereocenters. The van der Waals surface area contributed by atoms with E-state index in [-0.39, 0.29) is 0 Å². The van der Waals surface area contributed by atoms with Crippen molar-refractivity contribution >= 4 is 17.2 Å². The van der Waals surface area contributed by atoms with Gasteiger partial charge in [-0.3, -0.25) is 0 Å². The Morgan fingerprint density at radius 3 is 3.22 bits per heavy atom. The van der Waals surface area contributed by atoms with E-state index in [1.54, 1.807) is 11.3 Å². The number of aryl methyl sites for hydroxylation is 1. The van der Waals surface area contributed by atoms with E-state index in [1.807, 2.05) is 6.92 Å². The molecule has 3 rings (SSSR count). The highest BCUT2D eigenvalue weighted by atomic mass is 32.1. The molecule has 0 bridgehead atoms. The summed E-state index contributed by atoms with van der Waals surface area (Å²) in [6.07, 6.45) is 0.992. The van der Waals surface area contributed by atoms with Gasteiger partial charge in [0.1, 0.15) is 11.6 Å². The van der Waals surface area contributed by atoms with Crippen LogP contribution in [0.3, 0.4) is 0 Å². The number of hydrogen-bond acceptors (Lipinski definition) is 5. The lowest BCUT2D eigenvalue weighted by atomic mass is 10.1. The molecule has 2 aromatic rings. The normalized spacial score (nSPS) is 14.3. The molecule has 0 aromatic carbocycles. The van der Waals surface area contributed by atoms with Gasteiger partial charge in [0.05, 0.1) is 12.2 Å². The number of fused-ring (bicyclic) bond motifs is 1. The number of rotatable bonds is 3. The van der Waals surface area contributed by atoms with E-state index in [1.165, 1.54) is 16.1 Å². The molecule has 1 aliphatic heterocycles. The van der Waals surface area contributed by atoms with Gasteiger partial charge in [0.2, 0.25) is 0 Å². The average molecular weight is 260 g/mol. The zero-order valence-corrected chi connectivity index (χ0v) is 11.2. The lowest BCUT2D eigenvalue weighted by Crippen LogP contribution is -2.26. The molecule has 4 nitrogen and oxygen atoms in total. The standard InChI is InChI=1S/C13H16N4S/c1-9-16-12-4-5-14-8-11(12)13(17-9)15-7-10-3-2-6-18-10/h2-3,6,14H,4-5,7-8H2,1H3,(H,15,16,17). The largest absolute Gasteiger partial charge is 0.365 e. The number of hydrogen-bond donors (Lipinski definition) is 2. The summed E-state index contributed by atoms with van der Waals surface area (Å²) in [6.45, 7) is 4.66. The topological polar surface area (TPSA) is 49.8 Å². The number of aromatic nitrogens is 2. The Balaban J connectivity index is 1.84. The molecule has 0 atom stereocenters. The van der Waals surface area contributed by atoms with Gasteiger partial charge in [-0.25, -0.2) is 9.97 Å². The molecule has 3 heterocycles. The molecule has 2 aromatic heterocycles. The minimum absolute atomic E-state index is 0.834. The van der Waals surface area contributed by atoms with Crippen molar-refractivity contribution in [3.8, 4) is 0 Å². The molecular weight excluding hydrogens is 244 g/mol. The first-order valence-corrected chi connectivity index (χ1v) is 7.04. The Bertz CT molecular complexity index is 536. The lowest BCUT2D eigenvalue weighted by Gasteiger charge is -2.20. The fourth-order valence-corrected chi connectivity index (χ4v) is 2.84. The van der Waals surface area contributed by atoms with E-state index in [9.17, 15) is 0 Å². The van der Waals surface area contributed by atoms with E-state index >= 15 is 0 Å². The number of thiophene rings is 1. The van der Waals surface area contributed by atoms with Gasteiger partial charge in [0, 0.05) is 30.0 Å². The molecule has 0 aliphatic carbocycles. The van der Waals surface area contributed by atoms with Gasteiger partial charge in [-0.05, 0) is 18.4 Å². The SMILES string of the molecule is Cc1nc2c(c(NCc3cccs3)n1)CNCC2. The van der Waals surface area contributed by atoms with Crippen molar-refractivity contribution in [2.75, 3.05) is 11.9 Å². The number of anilines is 1. The fraction of sp³-hybridized carbons (Fsp3) is 0.385. The molecule has 0 saturated carbocycles. The van der Waals surface area contributed by atoms with Gasteiger partial charge < -0.3 is 10.6 Å². The Labute approximate surface area is 110 Å². The monoisotopic (exact) mass is 260 g/mol. The molecule has 94 valence electrons. The van der Waals surface area contributed by atoms with Crippen LogP contribution in [-0.4, -0.2) is 16.5 Å². The van der Waals surface area contributed by atoms with Crippen molar-refractivity contribution in [1.82, 2.24) is 15.3 Å². The molecule has 5 heteroatoms. The first kappa shape index (κ1) is 11.6. The zero-order chi connectivity index (χ0) is 12.4. The smallest absolute Gasteiger partial charge is 0.134 e. The Kier molecular flexibility index (Phi) is 3.25. The van der Waals surface area contributed by atoms with Crippen LogP contribution in [0.25, 0.3) is 0 Å². The maximum Gasteiger partial charge on any atom is 0.134 e. The third kappa shape index (κ3) is 2.37. The van der Waals surface area contributed by atoms with E-state index < -0.39 is 0 Å². The maximum atomic E-state index is 4.53. The molecule has 1 aliphatic rings. The molecule has 18 heavy (non-hydrogen) atoms. The maximum absolute atomic E-state index is 4.53. The highest BCUT2D eigenvalue weighted by Crippen LogP contribution is 2.21. The third-order valence-corrected chi connectivity index (χ3v) is 3.93. The molecule has 2 N–H and O–H groups in total. The average Bonchev–Trinajstić information content (AvgIpc) is 2.89. The first-order valence-electron chi connectivity index (χ1n) is 6.16. The van der Waals surface area contributed by atoms with Crippen LogP contribution in [0.1, 0.15) is 22.0 Å². The van der Waals surface area contributed by atoms with Crippen molar-refractivity contribution in [1.29, 1.82) is 0 Å². The van der Waals surface area contributed by atoms with Crippen molar-refractivity contribution in [2.45, 2.75) is 26.4 Å². The minimum atomic E-state index is 0.834. The second-order valence-electron chi connectivity index (χ2n) is 4.40. The summed E-state index contributed by atoms with van der Waals surface area (Å²) in [5.41, 5.74) is 2.42. The molecule has 0 amide bonds. The van der Waals surface area contributed by atoms with Crippen LogP contribution in [0.2, 0.25) is 0 Å². The van der Waals surface area contributed by atoms with Crippen molar-refractivity contribution < 1.29 is 0 Å². The highest BCUT2D eigenvalue weighted by molar-refractivity contribution is 7.09. The Morgan fingerprint density at radius 2 is 2.39 bits per heavy atom. The van der Waals surface area contributed by atoms with Gasteiger partial charge in [0.15, 0.2) is 0 Å². The Hall–Kier alpha value is -1.46. The molecule has 0 fully saturated rings. The Morgan fingerprint density at radius 1 is 1.44 bits per heavy atom. The zero-order valence-electron chi connectivity index (χ0n) is 10.4. The van der Waals surface area contributed by atoms with Gasteiger partial charge in [-0.15, -0.1) is 11.3 Å². The van der Waals surface area contributed by atoms with Gasteiger partial charge >= 0.3 is 0 Å². The van der Waals surface area contributed by atoms with Crippen LogP contribution in [0.4, 0.5) is 5.82 Å². The van der Waals surface area contributed by atoms with E-state index in [2.05, 4.69) is 38.1 Å². The van der Waals surface area contributed by atoms with Gasteiger partial charge in [0.25, 0.3) is 0 Å². The fourth-order valence-electron chi connectivity index (χ4n) is 2.20. The summed E-state index contributed by atoms with van der Waals surface area (Å²) in [7, 11) is 0.